The standard InChI is InChI=1S/C19H24F2N4O3S/c1-14-22-7-10-23(14)11-12-25(29(2,27)28)16-5-8-24(9-6-16)19(26)15-3-4-17(20)18(21)13-15/h3-4,7,10,13,16H,5-6,8-9,11-12H2,1-2H3. The van der Waals surface area contributed by atoms with Gasteiger partial charge < -0.3 is 9.47 Å². The van der Waals surface area contributed by atoms with Crippen LogP contribution in [0.1, 0.15) is 29.0 Å². The van der Waals surface area contributed by atoms with Crippen molar-refractivity contribution in [3.8, 4) is 0 Å². The van der Waals surface area contributed by atoms with Crippen molar-refractivity contribution in [1.29, 1.82) is 0 Å². The molecule has 158 valence electrons. The van der Waals surface area contributed by atoms with Gasteiger partial charge in [-0.1, -0.05) is 0 Å². The number of halogens is 2. The summed E-state index contributed by atoms with van der Waals surface area (Å²) in [5, 5.41) is 0. The normalized spacial score (nSPS) is 15.8. The molecule has 0 radical (unpaired) electrons. The van der Waals surface area contributed by atoms with Crippen molar-refractivity contribution in [2.24, 2.45) is 0 Å². The van der Waals surface area contributed by atoms with Crippen molar-refractivity contribution in [2.45, 2.75) is 32.4 Å². The van der Waals surface area contributed by atoms with Crippen LogP contribution in [0.15, 0.2) is 30.6 Å². The summed E-state index contributed by atoms with van der Waals surface area (Å²) in [6.07, 6.45) is 5.62. The van der Waals surface area contributed by atoms with Gasteiger partial charge in [-0.25, -0.2) is 22.2 Å². The number of aromatic nitrogens is 2. The van der Waals surface area contributed by atoms with Gasteiger partial charge in [-0.3, -0.25) is 4.79 Å². The van der Waals surface area contributed by atoms with E-state index in [1.807, 2.05) is 11.5 Å². The molecule has 1 amide bonds. The Morgan fingerprint density at radius 1 is 1.24 bits per heavy atom. The Kier molecular flexibility index (Phi) is 6.33. The molecule has 0 spiro atoms. The number of benzene rings is 1. The predicted octanol–water partition coefficient (Wildman–Crippen LogP) is 2.04. The first-order valence-corrected chi connectivity index (χ1v) is 11.2. The van der Waals surface area contributed by atoms with E-state index in [1.165, 1.54) is 16.6 Å². The molecule has 2 heterocycles. The van der Waals surface area contributed by atoms with Crippen LogP contribution >= 0.6 is 0 Å². The first kappa shape index (κ1) is 21.4. The smallest absolute Gasteiger partial charge is 0.253 e. The van der Waals surface area contributed by atoms with Crippen molar-refractivity contribution >= 4 is 15.9 Å². The zero-order valence-corrected chi connectivity index (χ0v) is 17.2. The molecule has 29 heavy (non-hydrogen) atoms. The van der Waals surface area contributed by atoms with E-state index in [2.05, 4.69) is 4.98 Å². The Bertz CT molecular complexity index is 985. The third-order valence-corrected chi connectivity index (χ3v) is 6.57. The van der Waals surface area contributed by atoms with Gasteiger partial charge in [0.1, 0.15) is 5.82 Å². The number of amides is 1. The molecular weight excluding hydrogens is 402 g/mol. The molecular formula is C19H24F2N4O3S. The summed E-state index contributed by atoms with van der Waals surface area (Å²) in [5.41, 5.74) is 0.0814. The van der Waals surface area contributed by atoms with Crippen LogP contribution in [0.4, 0.5) is 8.78 Å². The second kappa shape index (κ2) is 8.58. The van der Waals surface area contributed by atoms with Gasteiger partial charge in [0.2, 0.25) is 10.0 Å². The lowest BCUT2D eigenvalue weighted by Gasteiger charge is -2.37. The van der Waals surface area contributed by atoms with Crippen molar-refractivity contribution in [2.75, 3.05) is 25.9 Å². The molecule has 1 fully saturated rings. The summed E-state index contributed by atoms with van der Waals surface area (Å²) in [7, 11) is -3.43. The molecule has 1 saturated heterocycles. The molecule has 1 aromatic carbocycles. The predicted molar refractivity (Wildman–Crippen MR) is 104 cm³/mol. The molecule has 0 aliphatic carbocycles. The minimum absolute atomic E-state index is 0.0814. The number of likely N-dealkylation sites (tertiary alicyclic amines) is 1. The lowest BCUT2D eigenvalue weighted by Crippen LogP contribution is -2.49. The quantitative estimate of drug-likeness (QED) is 0.709. The Labute approximate surface area is 169 Å². The highest BCUT2D eigenvalue weighted by Crippen LogP contribution is 2.21. The molecule has 0 bridgehead atoms. The van der Waals surface area contributed by atoms with E-state index in [4.69, 9.17) is 0 Å². The van der Waals surface area contributed by atoms with Crippen LogP contribution in [0.25, 0.3) is 0 Å². The second-order valence-corrected chi connectivity index (χ2v) is 9.13. The third kappa shape index (κ3) is 4.99. The van der Waals surface area contributed by atoms with Gasteiger partial charge in [-0.2, -0.15) is 4.31 Å². The zero-order chi connectivity index (χ0) is 21.2. The van der Waals surface area contributed by atoms with Crippen LogP contribution in [-0.4, -0.2) is 65.0 Å². The lowest BCUT2D eigenvalue weighted by molar-refractivity contribution is 0.0677. The summed E-state index contributed by atoms with van der Waals surface area (Å²) in [5.74, 6) is -1.64. The van der Waals surface area contributed by atoms with Crippen LogP contribution in [0.5, 0.6) is 0 Å². The first-order valence-electron chi connectivity index (χ1n) is 9.35. The zero-order valence-electron chi connectivity index (χ0n) is 16.4. The maximum atomic E-state index is 13.4. The van der Waals surface area contributed by atoms with Gasteiger partial charge in [0, 0.05) is 50.2 Å². The van der Waals surface area contributed by atoms with E-state index >= 15 is 0 Å². The summed E-state index contributed by atoms with van der Waals surface area (Å²) in [6.45, 7) is 3.36. The Morgan fingerprint density at radius 2 is 1.93 bits per heavy atom. The molecule has 1 aliphatic heterocycles. The fraction of sp³-hybridized carbons (Fsp3) is 0.474. The molecule has 1 aliphatic rings. The summed E-state index contributed by atoms with van der Waals surface area (Å²) < 4.78 is 54.5. The van der Waals surface area contributed by atoms with Crippen LogP contribution < -0.4 is 0 Å². The maximum absolute atomic E-state index is 13.4. The average molecular weight is 426 g/mol. The van der Waals surface area contributed by atoms with E-state index in [9.17, 15) is 22.0 Å². The summed E-state index contributed by atoms with van der Waals surface area (Å²) >= 11 is 0. The van der Waals surface area contributed by atoms with Gasteiger partial charge in [0.05, 0.1) is 6.26 Å². The number of piperidine rings is 1. The van der Waals surface area contributed by atoms with Crippen LogP contribution in [0, 0.1) is 18.6 Å². The number of hydrogen-bond donors (Lipinski definition) is 0. The van der Waals surface area contributed by atoms with Gasteiger partial charge in [-0.05, 0) is 38.0 Å². The summed E-state index contributed by atoms with van der Waals surface area (Å²) in [6, 6.07) is 2.85. The lowest BCUT2D eigenvalue weighted by atomic mass is 10.0. The van der Waals surface area contributed by atoms with E-state index < -0.39 is 21.7 Å². The molecule has 0 saturated carbocycles. The van der Waals surface area contributed by atoms with Crippen LogP contribution in [-0.2, 0) is 16.6 Å². The highest BCUT2D eigenvalue weighted by atomic mass is 32.2. The SMILES string of the molecule is Cc1nccn1CCN(C1CCN(C(=O)c2ccc(F)c(F)c2)CC1)S(C)(=O)=O. The Hall–Kier alpha value is -2.33. The van der Waals surface area contributed by atoms with Crippen LogP contribution in [0.2, 0.25) is 0 Å². The van der Waals surface area contributed by atoms with Gasteiger partial charge >= 0.3 is 0 Å². The molecule has 3 rings (SSSR count). The molecule has 2 aromatic rings. The Morgan fingerprint density at radius 3 is 2.48 bits per heavy atom. The number of rotatable bonds is 6. The van der Waals surface area contributed by atoms with Gasteiger partial charge in [0.25, 0.3) is 5.91 Å². The Balaban J connectivity index is 1.64. The fourth-order valence-electron chi connectivity index (χ4n) is 3.63. The highest BCUT2D eigenvalue weighted by molar-refractivity contribution is 7.88. The largest absolute Gasteiger partial charge is 0.339 e. The van der Waals surface area contributed by atoms with Crippen LogP contribution in [0.3, 0.4) is 0 Å². The number of aryl methyl sites for hydroxylation is 1. The first-order chi connectivity index (χ1) is 13.7. The van der Waals surface area contributed by atoms with Gasteiger partial charge in [0.15, 0.2) is 11.6 Å². The number of carbonyl (C=O) groups is 1. The summed E-state index contributed by atoms with van der Waals surface area (Å²) in [4.78, 5) is 18.2. The van der Waals surface area contributed by atoms with Gasteiger partial charge in [-0.15, -0.1) is 0 Å². The van der Waals surface area contributed by atoms with E-state index in [1.54, 1.807) is 17.3 Å². The average Bonchev–Trinajstić information content (AvgIpc) is 3.08. The number of hydrogen-bond acceptors (Lipinski definition) is 4. The van der Waals surface area contributed by atoms with E-state index in [0.29, 0.717) is 39.0 Å². The number of sulfonamides is 1. The molecule has 0 N–H and O–H groups in total. The van der Waals surface area contributed by atoms with Crippen molar-refractivity contribution in [1.82, 2.24) is 18.8 Å². The fourth-order valence-corrected chi connectivity index (χ4v) is 4.80. The van der Waals surface area contributed by atoms with Crippen molar-refractivity contribution in [3.63, 3.8) is 0 Å². The number of carbonyl (C=O) groups excluding carboxylic acids is 1. The third-order valence-electron chi connectivity index (χ3n) is 5.24. The molecule has 1 aromatic heterocycles. The number of imidazole rings is 1. The van der Waals surface area contributed by atoms with Crippen molar-refractivity contribution in [3.05, 3.63) is 53.6 Å². The number of nitrogens with zero attached hydrogens (tertiary/aromatic N) is 4. The minimum Gasteiger partial charge on any atom is -0.339 e. The second-order valence-electron chi connectivity index (χ2n) is 7.19. The monoisotopic (exact) mass is 426 g/mol. The highest BCUT2D eigenvalue weighted by Gasteiger charge is 2.32. The topological polar surface area (TPSA) is 75.5 Å². The molecule has 0 unspecified atom stereocenters. The minimum atomic E-state index is -3.43. The van der Waals surface area contributed by atoms with E-state index in [0.717, 1.165) is 18.0 Å². The molecule has 10 heteroatoms. The van der Waals surface area contributed by atoms with E-state index in [-0.39, 0.29) is 17.5 Å². The van der Waals surface area contributed by atoms with Crippen molar-refractivity contribution < 1.29 is 22.0 Å². The molecule has 7 nitrogen and oxygen atoms in total. The molecule has 0 atom stereocenters. The maximum Gasteiger partial charge on any atom is 0.253 e.